The second-order valence-electron chi connectivity index (χ2n) is 8.75. The maximum Gasteiger partial charge on any atom is 0.271 e. The van der Waals surface area contributed by atoms with Gasteiger partial charge in [0.15, 0.2) is 16.3 Å². The van der Waals surface area contributed by atoms with E-state index in [2.05, 4.69) is 10.3 Å². The number of aryl methyl sites for hydroxylation is 1. The van der Waals surface area contributed by atoms with Crippen molar-refractivity contribution in [1.82, 2.24) is 9.55 Å². The summed E-state index contributed by atoms with van der Waals surface area (Å²) in [5, 5.41) is 3.02. The van der Waals surface area contributed by atoms with E-state index in [1.165, 1.54) is 11.3 Å². The highest BCUT2D eigenvalue weighted by atomic mass is 32.1. The van der Waals surface area contributed by atoms with E-state index in [0.717, 1.165) is 11.1 Å². The molecule has 0 unspecified atom stereocenters. The number of hydrogen-bond acceptors (Lipinski definition) is 7. The number of anilines is 1. The lowest BCUT2D eigenvalue weighted by molar-refractivity contribution is -0.113. The smallest absolute Gasteiger partial charge is 0.271 e. The van der Waals surface area contributed by atoms with Crippen molar-refractivity contribution in [2.75, 3.05) is 19.5 Å². The lowest BCUT2D eigenvalue weighted by atomic mass is 9.94. The van der Waals surface area contributed by atoms with E-state index in [0.29, 0.717) is 43.4 Å². The molecule has 5 rings (SSSR count). The van der Waals surface area contributed by atoms with Gasteiger partial charge < -0.3 is 14.8 Å². The average molecular weight is 527 g/mol. The van der Waals surface area contributed by atoms with Crippen LogP contribution in [0.4, 0.5) is 5.69 Å². The predicted molar refractivity (Wildman–Crippen MR) is 147 cm³/mol. The summed E-state index contributed by atoms with van der Waals surface area (Å²) in [7, 11) is 3.11. The maximum atomic E-state index is 13.8. The Bertz CT molecular complexity index is 1740. The molecule has 0 aliphatic carbocycles. The number of hydrogen-bond donors (Lipinski definition) is 1. The molecule has 0 radical (unpaired) electrons. The van der Waals surface area contributed by atoms with Crippen molar-refractivity contribution in [2.24, 2.45) is 4.99 Å². The number of allylic oxidation sites excluding steroid dienone is 1. The van der Waals surface area contributed by atoms with Gasteiger partial charge in [-0.3, -0.25) is 19.1 Å². The summed E-state index contributed by atoms with van der Waals surface area (Å²) >= 11 is 1.28. The van der Waals surface area contributed by atoms with Gasteiger partial charge in [0.05, 0.1) is 36.1 Å². The summed E-state index contributed by atoms with van der Waals surface area (Å²) in [6.07, 6.45) is 5.16. The van der Waals surface area contributed by atoms with E-state index in [1.54, 1.807) is 50.2 Å². The van der Waals surface area contributed by atoms with Crippen molar-refractivity contribution in [3.8, 4) is 11.5 Å². The van der Waals surface area contributed by atoms with Crippen molar-refractivity contribution in [3.63, 3.8) is 0 Å². The number of carbonyl (C=O) groups excluding carboxylic acids is 1. The third kappa shape index (κ3) is 4.64. The van der Waals surface area contributed by atoms with Crippen LogP contribution in [0.1, 0.15) is 29.7 Å². The molecule has 1 aliphatic rings. The fourth-order valence-electron chi connectivity index (χ4n) is 4.46. The fourth-order valence-corrected chi connectivity index (χ4v) is 5.51. The second-order valence-corrected chi connectivity index (χ2v) is 9.75. The molecule has 1 atom stereocenters. The maximum absolute atomic E-state index is 13.8. The monoisotopic (exact) mass is 526 g/mol. The summed E-state index contributed by atoms with van der Waals surface area (Å²) in [5.41, 5.74) is 3.84. The SMILES string of the molecule is COc1ccc([C@@H]2C(C(=O)Nc3ccccc3C)=C(C)N=c3s/c(=C\c4ccncc4)c(=O)n32)cc1OC. The van der Waals surface area contributed by atoms with Crippen molar-refractivity contribution in [3.05, 3.63) is 115 Å². The second kappa shape index (κ2) is 10.5. The molecule has 2 aromatic heterocycles. The van der Waals surface area contributed by atoms with Gasteiger partial charge in [-0.05, 0) is 66.9 Å². The van der Waals surface area contributed by atoms with Crippen LogP contribution >= 0.6 is 11.3 Å². The first kappa shape index (κ1) is 25.2. The van der Waals surface area contributed by atoms with E-state index < -0.39 is 6.04 Å². The zero-order valence-corrected chi connectivity index (χ0v) is 22.2. The molecule has 192 valence electrons. The molecule has 1 N–H and O–H groups in total. The lowest BCUT2D eigenvalue weighted by Crippen LogP contribution is -2.40. The Morgan fingerprint density at radius 2 is 1.76 bits per heavy atom. The number of amides is 1. The van der Waals surface area contributed by atoms with Gasteiger partial charge in [0, 0.05) is 18.1 Å². The third-order valence-electron chi connectivity index (χ3n) is 6.39. The van der Waals surface area contributed by atoms with Crippen LogP contribution in [-0.4, -0.2) is 29.7 Å². The summed E-state index contributed by atoms with van der Waals surface area (Å²) in [6.45, 7) is 3.72. The zero-order chi connectivity index (χ0) is 26.8. The molecular formula is C29H26N4O4S. The van der Waals surface area contributed by atoms with Gasteiger partial charge in [-0.25, -0.2) is 4.99 Å². The quantitative estimate of drug-likeness (QED) is 0.414. The Kier molecular flexibility index (Phi) is 6.93. The normalized spacial score (nSPS) is 15.1. The first-order chi connectivity index (χ1) is 18.4. The molecule has 3 heterocycles. The van der Waals surface area contributed by atoms with Crippen LogP contribution in [0.15, 0.2) is 88.0 Å². The average Bonchev–Trinajstić information content (AvgIpc) is 3.23. The van der Waals surface area contributed by atoms with Crippen LogP contribution in [-0.2, 0) is 4.79 Å². The fraction of sp³-hybridized carbons (Fsp3) is 0.172. The van der Waals surface area contributed by atoms with Crippen LogP contribution in [0, 0.1) is 6.92 Å². The van der Waals surface area contributed by atoms with Gasteiger partial charge in [-0.2, -0.15) is 0 Å². The number of nitrogens with zero attached hydrogens (tertiary/aromatic N) is 3. The number of nitrogens with one attached hydrogen (secondary N) is 1. The zero-order valence-electron chi connectivity index (χ0n) is 21.4. The molecule has 38 heavy (non-hydrogen) atoms. The highest BCUT2D eigenvalue weighted by molar-refractivity contribution is 7.07. The predicted octanol–water partition coefficient (Wildman–Crippen LogP) is 3.59. The molecule has 2 aromatic carbocycles. The molecule has 0 spiro atoms. The number of ether oxygens (including phenoxy) is 2. The molecule has 1 amide bonds. The highest BCUT2D eigenvalue weighted by Crippen LogP contribution is 2.36. The van der Waals surface area contributed by atoms with Crippen molar-refractivity contribution >= 4 is 29.0 Å². The van der Waals surface area contributed by atoms with Crippen molar-refractivity contribution in [1.29, 1.82) is 0 Å². The number of rotatable bonds is 6. The summed E-state index contributed by atoms with van der Waals surface area (Å²) in [5.74, 6) is 0.717. The number of fused-ring (bicyclic) bond motifs is 1. The van der Waals surface area contributed by atoms with Gasteiger partial charge in [0.25, 0.3) is 11.5 Å². The minimum absolute atomic E-state index is 0.237. The van der Waals surface area contributed by atoms with Crippen molar-refractivity contribution < 1.29 is 14.3 Å². The molecule has 0 saturated heterocycles. The molecule has 1 aliphatic heterocycles. The Morgan fingerprint density at radius 1 is 1.03 bits per heavy atom. The number of benzene rings is 2. The molecule has 0 bridgehead atoms. The highest BCUT2D eigenvalue weighted by Gasteiger charge is 2.33. The molecule has 8 nitrogen and oxygen atoms in total. The van der Waals surface area contributed by atoms with E-state index in [4.69, 9.17) is 14.5 Å². The Hall–Kier alpha value is -4.50. The Balaban J connectivity index is 1.71. The van der Waals surface area contributed by atoms with E-state index in [9.17, 15) is 9.59 Å². The Morgan fingerprint density at radius 3 is 2.47 bits per heavy atom. The number of aromatic nitrogens is 2. The molecule has 0 fully saturated rings. The third-order valence-corrected chi connectivity index (χ3v) is 7.37. The molecular weight excluding hydrogens is 500 g/mol. The van der Waals surface area contributed by atoms with Crippen molar-refractivity contribution in [2.45, 2.75) is 19.9 Å². The van der Waals surface area contributed by atoms with E-state index in [1.807, 2.05) is 55.5 Å². The van der Waals surface area contributed by atoms with E-state index in [-0.39, 0.29) is 11.5 Å². The number of carbonyl (C=O) groups is 1. The van der Waals surface area contributed by atoms with Crippen LogP contribution < -0.4 is 29.7 Å². The van der Waals surface area contributed by atoms with E-state index >= 15 is 0 Å². The van der Waals surface area contributed by atoms with Crippen LogP contribution in [0.2, 0.25) is 0 Å². The van der Waals surface area contributed by atoms with Gasteiger partial charge in [-0.1, -0.05) is 35.6 Å². The standard InChI is InChI=1S/C29H26N4O4S/c1-17-7-5-6-8-21(17)32-27(34)25-18(2)31-29-33(26(25)20-9-10-22(36-3)23(16-20)37-4)28(35)24(38-29)15-19-11-13-30-14-12-19/h5-16,26H,1-4H3,(H,32,34)/b24-15-/t26-/m1/s1. The summed E-state index contributed by atoms with van der Waals surface area (Å²) < 4.78 is 13.1. The van der Waals surface area contributed by atoms with Gasteiger partial charge >= 0.3 is 0 Å². The Labute approximate surface area is 223 Å². The van der Waals surface area contributed by atoms with Gasteiger partial charge in [0.1, 0.15) is 0 Å². The molecule has 0 saturated carbocycles. The first-order valence-electron chi connectivity index (χ1n) is 11.9. The lowest BCUT2D eigenvalue weighted by Gasteiger charge is -2.26. The number of methoxy groups -OCH3 is 2. The summed E-state index contributed by atoms with van der Waals surface area (Å²) in [4.78, 5) is 36.9. The van der Waals surface area contributed by atoms with Gasteiger partial charge in [0.2, 0.25) is 0 Å². The summed E-state index contributed by atoms with van der Waals surface area (Å²) in [6, 6.07) is 15.9. The minimum atomic E-state index is -0.727. The van der Waals surface area contributed by atoms with Crippen LogP contribution in [0.25, 0.3) is 6.08 Å². The minimum Gasteiger partial charge on any atom is -0.493 e. The number of para-hydroxylation sites is 1. The molecule has 4 aromatic rings. The largest absolute Gasteiger partial charge is 0.493 e. The topological polar surface area (TPSA) is 94.8 Å². The van der Waals surface area contributed by atoms with Crippen LogP contribution in [0.3, 0.4) is 0 Å². The number of thiazole rings is 1. The van der Waals surface area contributed by atoms with Gasteiger partial charge in [-0.15, -0.1) is 0 Å². The number of pyridine rings is 1. The first-order valence-corrected chi connectivity index (χ1v) is 12.7. The molecule has 9 heteroatoms. The van der Waals surface area contributed by atoms with Crippen LogP contribution in [0.5, 0.6) is 11.5 Å².